The highest BCUT2D eigenvalue weighted by atomic mass is 16.3. The van der Waals surface area contributed by atoms with E-state index in [-0.39, 0.29) is 25.0 Å². The van der Waals surface area contributed by atoms with Crippen LogP contribution >= 0.6 is 0 Å². The van der Waals surface area contributed by atoms with Crippen LogP contribution in [-0.4, -0.2) is 34.4 Å². The van der Waals surface area contributed by atoms with Crippen LogP contribution in [0.5, 0.6) is 0 Å². The lowest BCUT2D eigenvalue weighted by molar-refractivity contribution is -0.127. The molecule has 1 saturated carbocycles. The van der Waals surface area contributed by atoms with Crippen LogP contribution in [-0.2, 0) is 4.79 Å². The normalized spacial score (nSPS) is 20.5. The maximum Gasteiger partial charge on any atom is 0.223 e. The summed E-state index contributed by atoms with van der Waals surface area (Å²) in [4.78, 5) is 11.8. The molecular weight excluding hydrogens is 218 g/mol. The van der Waals surface area contributed by atoms with Crippen LogP contribution in [0.2, 0.25) is 0 Å². The number of hydrogen-bond donors (Lipinski definition) is 3. The van der Waals surface area contributed by atoms with Gasteiger partial charge in [0, 0.05) is 12.6 Å². The second-order valence-electron chi connectivity index (χ2n) is 5.54. The molecule has 0 aliphatic heterocycles. The van der Waals surface area contributed by atoms with Gasteiger partial charge in [-0.25, -0.2) is 0 Å². The van der Waals surface area contributed by atoms with Gasteiger partial charge in [0.1, 0.15) is 0 Å². The van der Waals surface area contributed by atoms with Crippen molar-refractivity contribution in [1.29, 1.82) is 0 Å². The highest BCUT2D eigenvalue weighted by Crippen LogP contribution is 2.32. The van der Waals surface area contributed by atoms with Crippen LogP contribution in [0.3, 0.4) is 0 Å². The maximum atomic E-state index is 11.8. The van der Waals surface area contributed by atoms with Gasteiger partial charge in [-0.2, -0.15) is 0 Å². The fourth-order valence-corrected chi connectivity index (χ4v) is 2.48. The molecule has 4 heteroatoms. The van der Waals surface area contributed by atoms with Gasteiger partial charge in [0.2, 0.25) is 5.91 Å². The smallest absolute Gasteiger partial charge is 0.223 e. The number of aliphatic hydroxyl groups excluding tert-OH is 1. The summed E-state index contributed by atoms with van der Waals surface area (Å²) in [6.45, 7) is 4.11. The number of nitrogens with one attached hydrogen (secondary N) is 1. The van der Waals surface area contributed by atoms with Crippen LogP contribution in [0.15, 0.2) is 0 Å². The fraction of sp³-hybridized carbons (Fsp3) is 0.923. The molecular formula is C13H25NO3. The Morgan fingerprint density at radius 3 is 2.41 bits per heavy atom. The van der Waals surface area contributed by atoms with Crippen molar-refractivity contribution in [3.63, 3.8) is 0 Å². The largest absolute Gasteiger partial charge is 0.396 e. The van der Waals surface area contributed by atoms with Gasteiger partial charge in [-0.05, 0) is 25.2 Å². The van der Waals surface area contributed by atoms with Crippen molar-refractivity contribution in [2.24, 2.45) is 5.92 Å². The van der Waals surface area contributed by atoms with E-state index in [0.717, 1.165) is 25.7 Å². The third-order valence-corrected chi connectivity index (χ3v) is 3.62. The van der Waals surface area contributed by atoms with Crippen LogP contribution < -0.4 is 5.32 Å². The quantitative estimate of drug-likeness (QED) is 0.656. The molecule has 100 valence electrons. The third-order valence-electron chi connectivity index (χ3n) is 3.62. The van der Waals surface area contributed by atoms with Crippen LogP contribution in [0, 0.1) is 5.92 Å². The number of carbonyl (C=O) groups excluding carboxylic acids is 1. The summed E-state index contributed by atoms with van der Waals surface area (Å²) in [6.07, 6.45) is 4.24. The molecule has 1 amide bonds. The SMILES string of the molecule is CC(C)C(CCO)NC(=O)CC1(O)CCCC1. The summed E-state index contributed by atoms with van der Waals surface area (Å²) >= 11 is 0. The zero-order chi connectivity index (χ0) is 12.9. The molecule has 3 N–H and O–H groups in total. The third kappa shape index (κ3) is 4.64. The Balaban J connectivity index is 2.41. The molecule has 1 aliphatic carbocycles. The summed E-state index contributed by atoms with van der Waals surface area (Å²) in [7, 11) is 0. The fourth-order valence-electron chi connectivity index (χ4n) is 2.48. The molecule has 0 aromatic heterocycles. The van der Waals surface area contributed by atoms with Crippen molar-refractivity contribution < 1.29 is 15.0 Å². The molecule has 1 fully saturated rings. The minimum Gasteiger partial charge on any atom is -0.396 e. The number of amides is 1. The standard InChI is InChI=1S/C13H25NO3/c1-10(2)11(5-8-15)14-12(16)9-13(17)6-3-4-7-13/h10-11,15,17H,3-9H2,1-2H3,(H,14,16). The second kappa shape index (κ2) is 6.36. The second-order valence-corrected chi connectivity index (χ2v) is 5.54. The Morgan fingerprint density at radius 1 is 1.35 bits per heavy atom. The zero-order valence-electron chi connectivity index (χ0n) is 10.9. The average molecular weight is 243 g/mol. The van der Waals surface area contributed by atoms with Crippen molar-refractivity contribution in [2.75, 3.05) is 6.61 Å². The van der Waals surface area contributed by atoms with Gasteiger partial charge >= 0.3 is 0 Å². The van der Waals surface area contributed by atoms with Gasteiger partial charge in [0.25, 0.3) is 0 Å². The van der Waals surface area contributed by atoms with E-state index in [1.807, 2.05) is 13.8 Å². The van der Waals surface area contributed by atoms with Gasteiger partial charge in [-0.3, -0.25) is 4.79 Å². The Morgan fingerprint density at radius 2 is 1.94 bits per heavy atom. The van der Waals surface area contributed by atoms with E-state index in [0.29, 0.717) is 12.3 Å². The predicted octanol–water partition coefficient (Wildman–Crippen LogP) is 1.20. The van der Waals surface area contributed by atoms with E-state index in [4.69, 9.17) is 5.11 Å². The van der Waals surface area contributed by atoms with Gasteiger partial charge in [0.05, 0.1) is 12.0 Å². The van der Waals surface area contributed by atoms with Gasteiger partial charge in [-0.1, -0.05) is 26.7 Å². The van der Waals surface area contributed by atoms with E-state index in [2.05, 4.69) is 5.32 Å². The number of aliphatic hydroxyl groups is 2. The highest BCUT2D eigenvalue weighted by molar-refractivity contribution is 5.77. The first-order valence-corrected chi connectivity index (χ1v) is 6.59. The molecule has 0 spiro atoms. The van der Waals surface area contributed by atoms with E-state index in [9.17, 15) is 9.90 Å². The first-order chi connectivity index (χ1) is 7.97. The summed E-state index contributed by atoms with van der Waals surface area (Å²) in [5.74, 6) is 0.200. The Kier molecular flexibility index (Phi) is 5.40. The summed E-state index contributed by atoms with van der Waals surface area (Å²) in [5.41, 5.74) is -0.787. The molecule has 1 atom stereocenters. The van der Waals surface area contributed by atoms with Crippen molar-refractivity contribution in [3.8, 4) is 0 Å². The Hall–Kier alpha value is -0.610. The van der Waals surface area contributed by atoms with Crippen molar-refractivity contribution in [3.05, 3.63) is 0 Å². The van der Waals surface area contributed by atoms with Gasteiger partial charge in [0.15, 0.2) is 0 Å². The van der Waals surface area contributed by atoms with E-state index in [1.165, 1.54) is 0 Å². The Bertz CT molecular complexity index is 247. The van der Waals surface area contributed by atoms with E-state index < -0.39 is 5.60 Å². The first kappa shape index (κ1) is 14.5. The van der Waals surface area contributed by atoms with Gasteiger partial charge in [-0.15, -0.1) is 0 Å². The Labute approximate surface area is 103 Å². The average Bonchev–Trinajstić information content (AvgIpc) is 2.63. The molecule has 1 unspecified atom stereocenters. The van der Waals surface area contributed by atoms with E-state index in [1.54, 1.807) is 0 Å². The van der Waals surface area contributed by atoms with E-state index >= 15 is 0 Å². The van der Waals surface area contributed by atoms with Gasteiger partial charge < -0.3 is 15.5 Å². The monoisotopic (exact) mass is 243 g/mol. The minimum absolute atomic E-state index is 0.00231. The molecule has 0 aromatic rings. The summed E-state index contributed by atoms with van der Waals surface area (Å²) in [5, 5.41) is 22.0. The summed E-state index contributed by atoms with van der Waals surface area (Å²) < 4.78 is 0. The van der Waals surface area contributed by atoms with Crippen molar-refractivity contribution in [1.82, 2.24) is 5.32 Å². The molecule has 0 radical (unpaired) electrons. The number of carbonyl (C=O) groups is 1. The number of rotatable bonds is 6. The van der Waals surface area contributed by atoms with Crippen LogP contribution in [0.1, 0.15) is 52.4 Å². The molecule has 0 heterocycles. The lowest BCUT2D eigenvalue weighted by Gasteiger charge is -2.25. The van der Waals surface area contributed by atoms with Crippen molar-refractivity contribution >= 4 is 5.91 Å². The molecule has 17 heavy (non-hydrogen) atoms. The lowest BCUT2D eigenvalue weighted by Crippen LogP contribution is -2.42. The summed E-state index contributed by atoms with van der Waals surface area (Å²) in [6, 6.07) is -0.00231. The molecule has 4 nitrogen and oxygen atoms in total. The highest BCUT2D eigenvalue weighted by Gasteiger charge is 2.33. The van der Waals surface area contributed by atoms with Crippen LogP contribution in [0.4, 0.5) is 0 Å². The molecule has 1 aliphatic rings. The maximum absolute atomic E-state index is 11.8. The molecule has 0 aromatic carbocycles. The van der Waals surface area contributed by atoms with Crippen molar-refractivity contribution in [2.45, 2.75) is 64.0 Å². The topological polar surface area (TPSA) is 69.6 Å². The lowest BCUT2D eigenvalue weighted by atomic mass is 9.96. The first-order valence-electron chi connectivity index (χ1n) is 6.59. The zero-order valence-corrected chi connectivity index (χ0v) is 10.9. The predicted molar refractivity (Wildman–Crippen MR) is 66.5 cm³/mol. The van der Waals surface area contributed by atoms with Crippen LogP contribution in [0.25, 0.3) is 0 Å². The molecule has 0 saturated heterocycles. The number of hydrogen-bond acceptors (Lipinski definition) is 3. The molecule has 1 rings (SSSR count). The minimum atomic E-state index is -0.787. The molecule has 0 bridgehead atoms.